The average molecular weight is 408 g/mol. The van der Waals surface area contributed by atoms with Gasteiger partial charge < -0.3 is 5.11 Å². The first-order valence-corrected chi connectivity index (χ1v) is 9.54. The molecule has 0 amide bonds. The zero-order chi connectivity index (χ0) is 21.5. The van der Waals surface area contributed by atoms with Crippen molar-refractivity contribution >= 4 is 16.9 Å². The van der Waals surface area contributed by atoms with Crippen LogP contribution in [0, 0.1) is 5.92 Å². The van der Waals surface area contributed by atoms with Gasteiger partial charge in [0.05, 0.1) is 11.5 Å². The molecule has 0 radical (unpaired) electrons. The van der Waals surface area contributed by atoms with Crippen LogP contribution in [-0.2, 0) is 16.6 Å². The van der Waals surface area contributed by atoms with E-state index in [1.807, 2.05) is 6.07 Å². The van der Waals surface area contributed by atoms with Gasteiger partial charge >= 0.3 is 6.18 Å². The van der Waals surface area contributed by atoms with Crippen LogP contribution < -0.4 is 0 Å². The predicted molar refractivity (Wildman–Crippen MR) is 109 cm³/mol. The standard InChI is InChI=1S/C25H19F3O2/c1-16-23(29)21(17-8-4-2-5-9-17)22(24(16,30)19-10-6-3-7-11-19)18-12-14-20(15-13-18)25(26,27)28/h2-16,30H,1H3. The molecular formula is C25H19F3O2. The molecule has 1 N–H and O–H groups in total. The van der Waals surface area contributed by atoms with Crippen molar-refractivity contribution in [3.63, 3.8) is 0 Å². The Labute approximate surface area is 172 Å². The van der Waals surface area contributed by atoms with E-state index >= 15 is 0 Å². The average Bonchev–Trinajstić information content (AvgIpc) is 2.96. The molecule has 2 atom stereocenters. The van der Waals surface area contributed by atoms with Gasteiger partial charge in [0.1, 0.15) is 5.60 Å². The first-order valence-electron chi connectivity index (χ1n) is 9.54. The van der Waals surface area contributed by atoms with Crippen molar-refractivity contribution in [3.8, 4) is 0 Å². The van der Waals surface area contributed by atoms with E-state index in [4.69, 9.17) is 0 Å². The van der Waals surface area contributed by atoms with Gasteiger partial charge in [-0.3, -0.25) is 4.79 Å². The van der Waals surface area contributed by atoms with Gasteiger partial charge in [-0.1, -0.05) is 79.7 Å². The highest BCUT2D eigenvalue weighted by Gasteiger charge is 2.52. The highest BCUT2D eigenvalue weighted by Crippen LogP contribution is 2.53. The minimum atomic E-state index is -4.47. The molecule has 0 bridgehead atoms. The van der Waals surface area contributed by atoms with E-state index in [1.54, 1.807) is 61.5 Å². The fourth-order valence-corrected chi connectivity index (χ4v) is 4.10. The summed E-state index contributed by atoms with van der Waals surface area (Å²) in [6, 6.07) is 22.3. The van der Waals surface area contributed by atoms with E-state index in [0.717, 1.165) is 12.1 Å². The minimum absolute atomic E-state index is 0.248. The number of rotatable bonds is 3. The number of ketones is 1. The Morgan fingerprint density at radius 1 is 0.800 bits per heavy atom. The molecule has 0 heterocycles. The largest absolute Gasteiger partial charge is 0.416 e. The minimum Gasteiger partial charge on any atom is -0.380 e. The Morgan fingerprint density at radius 2 is 1.33 bits per heavy atom. The van der Waals surface area contributed by atoms with Crippen LogP contribution in [0.1, 0.15) is 29.2 Å². The molecule has 2 unspecified atom stereocenters. The molecule has 0 fully saturated rings. The Morgan fingerprint density at radius 3 is 1.87 bits per heavy atom. The zero-order valence-corrected chi connectivity index (χ0v) is 16.1. The smallest absolute Gasteiger partial charge is 0.380 e. The van der Waals surface area contributed by atoms with Crippen LogP contribution in [0.25, 0.3) is 11.1 Å². The van der Waals surface area contributed by atoms with Gasteiger partial charge in [0, 0.05) is 11.1 Å². The van der Waals surface area contributed by atoms with Gasteiger partial charge in [-0.15, -0.1) is 0 Å². The first-order chi connectivity index (χ1) is 14.2. The number of carbonyl (C=O) groups is 1. The summed E-state index contributed by atoms with van der Waals surface area (Å²) < 4.78 is 39.2. The summed E-state index contributed by atoms with van der Waals surface area (Å²) in [4.78, 5) is 13.3. The van der Waals surface area contributed by atoms with Crippen molar-refractivity contribution in [3.05, 3.63) is 107 Å². The summed E-state index contributed by atoms with van der Waals surface area (Å²) >= 11 is 0. The van der Waals surface area contributed by atoms with E-state index < -0.39 is 23.3 Å². The number of hydrogen-bond acceptors (Lipinski definition) is 2. The van der Waals surface area contributed by atoms with Crippen molar-refractivity contribution in [1.29, 1.82) is 0 Å². The lowest BCUT2D eigenvalue weighted by Gasteiger charge is -2.31. The molecule has 0 spiro atoms. The third-order valence-corrected chi connectivity index (χ3v) is 5.67. The molecule has 3 aromatic carbocycles. The van der Waals surface area contributed by atoms with Crippen LogP contribution in [0.3, 0.4) is 0 Å². The van der Waals surface area contributed by atoms with Crippen LogP contribution in [-0.4, -0.2) is 10.9 Å². The summed E-state index contributed by atoms with van der Waals surface area (Å²) in [5.74, 6) is -1.05. The summed E-state index contributed by atoms with van der Waals surface area (Å²) in [6.45, 7) is 1.65. The molecule has 1 aliphatic rings. The quantitative estimate of drug-likeness (QED) is 0.602. The van der Waals surface area contributed by atoms with E-state index in [0.29, 0.717) is 27.8 Å². The number of hydrogen-bond donors (Lipinski definition) is 1. The molecule has 1 aliphatic carbocycles. The summed E-state index contributed by atoms with van der Waals surface area (Å²) in [6.07, 6.45) is -4.47. The molecular weight excluding hydrogens is 389 g/mol. The predicted octanol–water partition coefficient (Wildman–Crippen LogP) is 5.72. The zero-order valence-electron chi connectivity index (χ0n) is 16.1. The van der Waals surface area contributed by atoms with E-state index in [1.165, 1.54) is 12.1 Å². The monoisotopic (exact) mass is 408 g/mol. The molecule has 152 valence electrons. The maximum atomic E-state index is 13.3. The van der Waals surface area contributed by atoms with Gasteiger partial charge in [0.2, 0.25) is 0 Å². The van der Waals surface area contributed by atoms with Crippen molar-refractivity contribution in [1.82, 2.24) is 0 Å². The van der Waals surface area contributed by atoms with Crippen molar-refractivity contribution in [2.75, 3.05) is 0 Å². The van der Waals surface area contributed by atoms with E-state index in [-0.39, 0.29) is 5.78 Å². The van der Waals surface area contributed by atoms with Crippen LogP contribution in [0.4, 0.5) is 13.2 Å². The molecule has 5 heteroatoms. The number of benzene rings is 3. The summed E-state index contributed by atoms with van der Waals surface area (Å²) in [5, 5.41) is 11.9. The third kappa shape index (κ3) is 3.15. The fraction of sp³-hybridized carbons (Fsp3) is 0.160. The molecule has 2 nitrogen and oxygen atoms in total. The Kier molecular flexibility index (Phi) is 4.86. The first kappa shape index (κ1) is 20.1. The second-order valence-corrected chi connectivity index (χ2v) is 7.41. The maximum absolute atomic E-state index is 13.3. The SMILES string of the molecule is CC1C(=O)C(c2ccccc2)=C(c2ccc(C(F)(F)F)cc2)C1(O)c1ccccc1. The Hall–Kier alpha value is -3.18. The fourth-order valence-electron chi connectivity index (χ4n) is 4.10. The Balaban J connectivity index is 2.00. The number of alkyl halides is 3. The topological polar surface area (TPSA) is 37.3 Å². The molecule has 0 aromatic heterocycles. The lowest BCUT2D eigenvalue weighted by molar-refractivity contribution is -0.137. The van der Waals surface area contributed by atoms with Crippen molar-refractivity contribution in [2.24, 2.45) is 5.92 Å². The Bertz CT molecular complexity index is 1100. The molecule has 30 heavy (non-hydrogen) atoms. The van der Waals surface area contributed by atoms with Crippen LogP contribution in [0.15, 0.2) is 84.9 Å². The van der Waals surface area contributed by atoms with Gasteiger partial charge in [0.15, 0.2) is 5.78 Å². The lowest BCUT2D eigenvalue weighted by atomic mass is 9.78. The summed E-state index contributed by atoms with van der Waals surface area (Å²) in [5.41, 5.74) is -0.272. The normalized spacial score (nSPS) is 21.9. The maximum Gasteiger partial charge on any atom is 0.416 e. The molecule has 0 saturated carbocycles. The molecule has 3 aromatic rings. The van der Waals surface area contributed by atoms with E-state index in [9.17, 15) is 23.1 Å². The second-order valence-electron chi connectivity index (χ2n) is 7.41. The van der Waals surface area contributed by atoms with Gasteiger partial charge in [-0.25, -0.2) is 0 Å². The van der Waals surface area contributed by atoms with E-state index in [2.05, 4.69) is 0 Å². The van der Waals surface area contributed by atoms with Gasteiger partial charge in [0.25, 0.3) is 0 Å². The summed E-state index contributed by atoms with van der Waals surface area (Å²) in [7, 11) is 0. The second kappa shape index (κ2) is 7.26. The van der Waals surface area contributed by atoms with Crippen molar-refractivity contribution < 1.29 is 23.1 Å². The van der Waals surface area contributed by atoms with Crippen LogP contribution >= 0.6 is 0 Å². The highest BCUT2D eigenvalue weighted by molar-refractivity contribution is 6.33. The number of halogens is 3. The highest BCUT2D eigenvalue weighted by atomic mass is 19.4. The third-order valence-electron chi connectivity index (χ3n) is 5.67. The van der Waals surface area contributed by atoms with Gasteiger partial charge in [-0.05, 0) is 28.8 Å². The number of Topliss-reactive ketones (excluding diaryl/α,β-unsaturated/α-hetero) is 1. The number of allylic oxidation sites excluding steroid dienone is 1. The van der Waals surface area contributed by atoms with Crippen LogP contribution in [0.2, 0.25) is 0 Å². The number of carbonyl (C=O) groups excluding carboxylic acids is 1. The van der Waals surface area contributed by atoms with Gasteiger partial charge in [-0.2, -0.15) is 13.2 Å². The van der Waals surface area contributed by atoms with Crippen LogP contribution in [0.5, 0.6) is 0 Å². The lowest BCUT2D eigenvalue weighted by Crippen LogP contribution is -2.33. The molecule has 0 aliphatic heterocycles. The molecule has 4 rings (SSSR count). The van der Waals surface area contributed by atoms with Crippen molar-refractivity contribution in [2.45, 2.75) is 18.7 Å². The number of aliphatic hydroxyl groups is 1. The molecule has 0 saturated heterocycles.